The molecule has 13 heavy (non-hydrogen) atoms. The molecule has 0 unspecified atom stereocenters. The molecule has 0 saturated carbocycles. The normalized spacial score (nSPS) is 9.85. The van der Waals surface area contributed by atoms with Gasteiger partial charge in [-0.2, -0.15) is 0 Å². The Morgan fingerprint density at radius 3 is 2.62 bits per heavy atom. The van der Waals surface area contributed by atoms with Gasteiger partial charge in [-0.3, -0.25) is 15.0 Å². The Morgan fingerprint density at radius 1 is 1.00 bits per heavy atom. The molecule has 0 aliphatic rings. The van der Waals surface area contributed by atoms with Gasteiger partial charge in [0.2, 0.25) is 0 Å². The van der Waals surface area contributed by atoms with Gasteiger partial charge in [0.05, 0.1) is 5.69 Å². The molecule has 0 amide bonds. The monoisotopic (exact) mass is 171 g/mol. The van der Waals surface area contributed by atoms with Crippen molar-refractivity contribution in [1.82, 2.24) is 15.0 Å². The minimum atomic E-state index is 0.793. The van der Waals surface area contributed by atoms with Gasteiger partial charge in [-0.1, -0.05) is 6.07 Å². The lowest BCUT2D eigenvalue weighted by Gasteiger charge is -1.97. The standard InChI is InChI=1S/C10H9N3/c1-2-9(7-11-3-1)6-10-8-12-4-5-13-10/h1-5,7-8H,6H2. The van der Waals surface area contributed by atoms with Crippen LogP contribution in [0.3, 0.4) is 0 Å². The molecule has 0 saturated heterocycles. The molecule has 64 valence electrons. The fourth-order valence-corrected chi connectivity index (χ4v) is 1.13. The first-order valence-electron chi connectivity index (χ1n) is 4.09. The molecular weight excluding hydrogens is 162 g/mol. The molecule has 0 aliphatic carbocycles. The van der Waals surface area contributed by atoms with Crippen LogP contribution in [0, 0.1) is 0 Å². The molecule has 0 bridgehead atoms. The minimum absolute atomic E-state index is 0.793. The molecule has 0 radical (unpaired) electrons. The van der Waals surface area contributed by atoms with E-state index < -0.39 is 0 Å². The van der Waals surface area contributed by atoms with Gasteiger partial charge in [-0.05, 0) is 11.6 Å². The largest absolute Gasteiger partial charge is 0.264 e. The Kier molecular flexibility index (Phi) is 2.27. The van der Waals surface area contributed by atoms with Crippen molar-refractivity contribution in [3.05, 3.63) is 54.4 Å². The summed E-state index contributed by atoms with van der Waals surface area (Å²) in [5.41, 5.74) is 2.12. The van der Waals surface area contributed by atoms with E-state index in [9.17, 15) is 0 Å². The van der Waals surface area contributed by atoms with Crippen LogP contribution in [0.1, 0.15) is 11.3 Å². The number of rotatable bonds is 2. The Labute approximate surface area is 76.5 Å². The first kappa shape index (κ1) is 7.86. The maximum atomic E-state index is 4.18. The maximum absolute atomic E-state index is 4.18. The van der Waals surface area contributed by atoms with Crippen molar-refractivity contribution >= 4 is 0 Å². The second-order valence-electron chi connectivity index (χ2n) is 2.73. The smallest absolute Gasteiger partial charge is 0.0631 e. The van der Waals surface area contributed by atoms with Gasteiger partial charge in [0.25, 0.3) is 0 Å². The van der Waals surface area contributed by atoms with Gasteiger partial charge in [0.1, 0.15) is 0 Å². The summed E-state index contributed by atoms with van der Waals surface area (Å²) in [6.45, 7) is 0. The fourth-order valence-electron chi connectivity index (χ4n) is 1.13. The molecular formula is C10H9N3. The van der Waals surface area contributed by atoms with Gasteiger partial charge in [0.15, 0.2) is 0 Å². The van der Waals surface area contributed by atoms with Gasteiger partial charge in [0, 0.05) is 37.4 Å². The molecule has 2 aromatic heterocycles. The van der Waals surface area contributed by atoms with Crippen LogP contribution in [0.4, 0.5) is 0 Å². The summed E-state index contributed by atoms with van der Waals surface area (Å²) in [6, 6.07) is 3.95. The summed E-state index contributed by atoms with van der Waals surface area (Å²) < 4.78 is 0. The van der Waals surface area contributed by atoms with Crippen LogP contribution in [-0.4, -0.2) is 15.0 Å². The zero-order valence-electron chi connectivity index (χ0n) is 7.09. The number of aromatic nitrogens is 3. The highest BCUT2D eigenvalue weighted by Gasteiger charge is 1.95. The summed E-state index contributed by atoms with van der Waals surface area (Å²) in [7, 11) is 0. The molecule has 0 aliphatic heterocycles. The zero-order chi connectivity index (χ0) is 8.93. The van der Waals surface area contributed by atoms with Gasteiger partial charge >= 0.3 is 0 Å². The van der Waals surface area contributed by atoms with E-state index in [-0.39, 0.29) is 0 Å². The predicted octanol–water partition coefficient (Wildman–Crippen LogP) is 1.46. The highest BCUT2D eigenvalue weighted by atomic mass is 14.8. The van der Waals surface area contributed by atoms with Crippen molar-refractivity contribution in [2.75, 3.05) is 0 Å². The maximum Gasteiger partial charge on any atom is 0.0631 e. The van der Waals surface area contributed by atoms with Crippen molar-refractivity contribution in [3.8, 4) is 0 Å². The first-order chi connectivity index (χ1) is 6.45. The van der Waals surface area contributed by atoms with E-state index in [2.05, 4.69) is 15.0 Å². The predicted molar refractivity (Wildman–Crippen MR) is 49.1 cm³/mol. The van der Waals surface area contributed by atoms with Crippen molar-refractivity contribution in [3.63, 3.8) is 0 Å². The fraction of sp³-hybridized carbons (Fsp3) is 0.100. The van der Waals surface area contributed by atoms with Crippen LogP contribution >= 0.6 is 0 Å². The summed E-state index contributed by atoms with van der Waals surface area (Å²) in [5, 5.41) is 0. The van der Waals surface area contributed by atoms with Crippen LogP contribution < -0.4 is 0 Å². The molecule has 3 nitrogen and oxygen atoms in total. The quantitative estimate of drug-likeness (QED) is 0.686. The lowest BCUT2D eigenvalue weighted by Crippen LogP contribution is -1.92. The van der Waals surface area contributed by atoms with Gasteiger partial charge in [-0.15, -0.1) is 0 Å². The molecule has 0 aromatic carbocycles. The molecule has 0 spiro atoms. The van der Waals surface area contributed by atoms with E-state index in [4.69, 9.17) is 0 Å². The molecule has 2 heterocycles. The molecule has 2 rings (SSSR count). The molecule has 0 fully saturated rings. The van der Waals surface area contributed by atoms with Gasteiger partial charge < -0.3 is 0 Å². The van der Waals surface area contributed by atoms with Crippen molar-refractivity contribution in [2.24, 2.45) is 0 Å². The lowest BCUT2D eigenvalue weighted by molar-refractivity contribution is 1.02. The average Bonchev–Trinajstić information content (AvgIpc) is 2.21. The first-order valence-corrected chi connectivity index (χ1v) is 4.09. The van der Waals surface area contributed by atoms with Crippen LogP contribution in [0.25, 0.3) is 0 Å². The number of pyridine rings is 1. The molecule has 0 atom stereocenters. The molecule has 2 aromatic rings. The van der Waals surface area contributed by atoms with E-state index in [1.807, 2.05) is 18.3 Å². The number of hydrogen-bond donors (Lipinski definition) is 0. The summed E-state index contributed by atoms with van der Waals surface area (Å²) in [5.74, 6) is 0. The number of hydrogen-bond acceptors (Lipinski definition) is 3. The Hall–Kier alpha value is -1.77. The molecule has 3 heteroatoms. The van der Waals surface area contributed by atoms with Crippen molar-refractivity contribution < 1.29 is 0 Å². The average molecular weight is 171 g/mol. The Balaban J connectivity index is 2.16. The number of nitrogens with zero attached hydrogens (tertiary/aromatic N) is 3. The Bertz CT molecular complexity index is 321. The Morgan fingerprint density at radius 2 is 1.92 bits per heavy atom. The van der Waals surface area contributed by atoms with Crippen LogP contribution in [-0.2, 0) is 6.42 Å². The highest BCUT2D eigenvalue weighted by molar-refractivity contribution is 5.15. The highest BCUT2D eigenvalue weighted by Crippen LogP contribution is 2.02. The van der Waals surface area contributed by atoms with E-state index in [0.717, 1.165) is 17.7 Å². The van der Waals surface area contributed by atoms with Crippen LogP contribution in [0.2, 0.25) is 0 Å². The molecule has 0 N–H and O–H groups in total. The van der Waals surface area contributed by atoms with E-state index in [1.54, 1.807) is 24.8 Å². The van der Waals surface area contributed by atoms with Crippen LogP contribution in [0.5, 0.6) is 0 Å². The van der Waals surface area contributed by atoms with E-state index in [0.29, 0.717) is 0 Å². The van der Waals surface area contributed by atoms with Crippen molar-refractivity contribution in [1.29, 1.82) is 0 Å². The second kappa shape index (κ2) is 3.76. The third kappa shape index (κ3) is 2.08. The third-order valence-corrected chi connectivity index (χ3v) is 1.72. The summed E-state index contributed by atoms with van der Waals surface area (Å²) in [4.78, 5) is 12.2. The SMILES string of the molecule is c1cncc(Cc2cnccn2)c1. The second-order valence-corrected chi connectivity index (χ2v) is 2.73. The third-order valence-electron chi connectivity index (χ3n) is 1.72. The van der Waals surface area contributed by atoms with Gasteiger partial charge in [-0.25, -0.2) is 0 Å². The van der Waals surface area contributed by atoms with Crippen molar-refractivity contribution in [2.45, 2.75) is 6.42 Å². The van der Waals surface area contributed by atoms with E-state index >= 15 is 0 Å². The summed E-state index contributed by atoms with van der Waals surface area (Å²) >= 11 is 0. The summed E-state index contributed by atoms with van der Waals surface area (Å²) in [6.07, 6.45) is 9.54. The minimum Gasteiger partial charge on any atom is -0.264 e. The zero-order valence-corrected chi connectivity index (χ0v) is 7.09. The lowest BCUT2D eigenvalue weighted by atomic mass is 10.2. The van der Waals surface area contributed by atoms with Crippen LogP contribution in [0.15, 0.2) is 43.1 Å². The van der Waals surface area contributed by atoms with E-state index in [1.165, 1.54) is 0 Å². The topological polar surface area (TPSA) is 38.7 Å².